The smallest absolute Gasteiger partial charge is 0.420 e. The molecular formula is C21H23ClF3N5O3. The fraction of sp³-hybridized carbons (Fsp3) is 0.476. The average molecular weight is 486 g/mol. The molecule has 3 heterocycles. The molecule has 0 bridgehead atoms. The number of carbonyl (C=O) groups is 1. The molecule has 0 saturated carbocycles. The van der Waals surface area contributed by atoms with E-state index in [0.717, 1.165) is 0 Å². The van der Waals surface area contributed by atoms with Gasteiger partial charge in [-0.1, -0.05) is 11.6 Å². The molecule has 2 aromatic heterocycles. The van der Waals surface area contributed by atoms with Crippen LogP contribution in [0.15, 0.2) is 28.9 Å². The maximum Gasteiger partial charge on any atom is 0.420 e. The highest BCUT2D eigenvalue weighted by molar-refractivity contribution is 6.32. The molecule has 3 aromatic rings. The van der Waals surface area contributed by atoms with Crippen molar-refractivity contribution in [1.82, 2.24) is 19.7 Å². The van der Waals surface area contributed by atoms with Crippen molar-refractivity contribution < 1.29 is 27.1 Å². The van der Waals surface area contributed by atoms with Crippen molar-refractivity contribution in [2.45, 2.75) is 45.5 Å². The summed E-state index contributed by atoms with van der Waals surface area (Å²) in [6.45, 7) is 8.08. The molecule has 1 fully saturated rings. The summed E-state index contributed by atoms with van der Waals surface area (Å²) in [6, 6.07) is 2.53. The van der Waals surface area contributed by atoms with E-state index in [0.29, 0.717) is 19.6 Å². The molecule has 1 aliphatic rings. The summed E-state index contributed by atoms with van der Waals surface area (Å²) in [5.74, 6) is 0. The number of amides is 1. The predicted molar refractivity (Wildman–Crippen MR) is 116 cm³/mol. The van der Waals surface area contributed by atoms with E-state index in [9.17, 15) is 18.0 Å². The van der Waals surface area contributed by atoms with Crippen molar-refractivity contribution in [3.05, 3.63) is 35.1 Å². The van der Waals surface area contributed by atoms with Crippen molar-refractivity contribution in [2.24, 2.45) is 0 Å². The third kappa shape index (κ3) is 4.59. The summed E-state index contributed by atoms with van der Waals surface area (Å²) in [5, 5.41) is 3.59. The first kappa shape index (κ1) is 23.2. The molecule has 1 amide bonds. The molecule has 1 atom stereocenters. The minimum absolute atomic E-state index is 0.0162. The fourth-order valence-electron chi connectivity index (χ4n) is 3.73. The van der Waals surface area contributed by atoms with Crippen LogP contribution in [-0.4, -0.2) is 57.0 Å². The number of anilines is 1. The minimum atomic E-state index is -4.73. The Morgan fingerprint density at radius 1 is 1.27 bits per heavy atom. The van der Waals surface area contributed by atoms with E-state index in [1.165, 1.54) is 16.9 Å². The van der Waals surface area contributed by atoms with Gasteiger partial charge in [-0.2, -0.15) is 23.3 Å². The quantitative estimate of drug-likeness (QED) is 0.501. The number of oxazole rings is 1. The Labute approximate surface area is 192 Å². The number of rotatable bonds is 2. The highest BCUT2D eigenvalue weighted by atomic mass is 35.5. The van der Waals surface area contributed by atoms with Crippen molar-refractivity contribution in [3.63, 3.8) is 0 Å². The Morgan fingerprint density at radius 2 is 2.00 bits per heavy atom. The lowest BCUT2D eigenvalue weighted by molar-refractivity contribution is -0.136. The topological polar surface area (TPSA) is 76.6 Å². The molecule has 4 rings (SSSR count). The van der Waals surface area contributed by atoms with Gasteiger partial charge in [-0.05, 0) is 39.8 Å². The molecule has 33 heavy (non-hydrogen) atoms. The van der Waals surface area contributed by atoms with Gasteiger partial charge in [-0.15, -0.1) is 0 Å². The minimum Gasteiger partial charge on any atom is -0.444 e. The number of nitrogens with zero attached hydrogens (tertiary/aromatic N) is 5. The molecule has 1 saturated heterocycles. The third-order valence-corrected chi connectivity index (χ3v) is 5.45. The van der Waals surface area contributed by atoms with Crippen molar-refractivity contribution >= 4 is 34.8 Å². The zero-order valence-electron chi connectivity index (χ0n) is 18.5. The number of benzene rings is 1. The molecule has 1 aliphatic heterocycles. The van der Waals surface area contributed by atoms with Gasteiger partial charge < -0.3 is 19.0 Å². The lowest BCUT2D eigenvalue weighted by Gasteiger charge is -2.39. The number of fused-ring (bicyclic) bond motifs is 1. The highest BCUT2D eigenvalue weighted by Crippen LogP contribution is 2.43. The van der Waals surface area contributed by atoms with Crippen LogP contribution in [0.25, 0.3) is 16.8 Å². The first-order valence-corrected chi connectivity index (χ1v) is 10.7. The van der Waals surface area contributed by atoms with Crippen LogP contribution in [0.2, 0.25) is 5.02 Å². The van der Waals surface area contributed by atoms with Gasteiger partial charge in [0.1, 0.15) is 22.4 Å². The normalized spacial score (nSPS) is 17.6. The maximum absolute atomic E-state index is 13.8. The van der Waals surface area contributed by atoms with E-state index in [1.807, 2.05) is 6.92 Å². The Kier molecular flexibility index (Phi) is 5.71. The number of hydrogen-bond acceptors (Lipinski definition) is 6. The molecular weight excluding hydrogens is 463 g/mol. The summed E-state index contributed by atoms with van der Waals surface area (Å²) < 4.78 is 54.0. The van der Waals surface area contributed by atoms with Crippen molar-refractivity contribution in [3.8, 4) is 5.69 Å². The van der Waals surface area contributed by atoms with Crippen molar-refractivity contribution in [2.75, 3.05) is 24.5 Å². The van der Waals surface area contributed by atoms with Gasteiger partial charge in [0.25, 0.3) is 6.01 Å². The van der Waals surface area contributed by atoms with Crippen LogP contribution in [0.4, 0.5) is 24.0 Å². The molecule has 1 aromatic carbocycles. The van der Waals surface area contributed by atoms with E-state index < -0.39 is 34.0 Å². The van der Waals surface area contributed by atoms with Gasteiger partial charge in [0.15, 0.2) is 5.58 Å². The number of hydrogen-bond donors (Lipinski definition) is 0. The summed E-state index contributed by atoms with van der Waals surface area (Å²) >= 11 is 6.03. The van der Waals surface area contributed by atoms with Gasteiger partial charge >= 0.3 is 12.3 Å². The lowest BCUT2D eigenvalue weighted by Crippen LogP contribution is -2.54. The predicted octanol–water partition coefficient (Wildman–Crippen LogP) is 5.13. The summed E-state index contributed by atoms with van der Waals surface area (Å²) in [6.07, 6.45) is -2.11. The largest absolute Gasteiger partial charge is 0.444 e. The second-order valence-electron chi connectivity index (χ2n) is 8.84. The van der Waals surface area contributed by atoms with Gasteiger partial charge in [-0.3, -0.25) is 0 Å². The molecule has 12 heteroatoms. The highest BCUT2D eigenvalue weighted by Gasteiger charge is 2.39. The summed E-state index contributed by atoms with van der Waals surface area (Å²) in [4.78, 5) is 19.9. The maximum atomic E-state index is 13.8. The molecule has 0 unspecified atom stereocenters. The van der Waals surface area contributed by atoms with E-state index in [-0.39, 0.29) is 23.3 Å². The number of ether oxygens (including phenoxy) is 1. The Hall–Kier alpha value is -2.95. The van der Waals surface area contributed by atoms with E-state index in [2.05, 4.69) is 10.1 Å². The standard InChI is InChI=1S/C21H23ClF3N5O3/c1-12-11-28(19(31)33-20(2,3)4)8-9-29(12)18-27-16-15(21(23,24)25)13(22)10-14(17(16)32-18)30-7-5-6-26-30/h5-7,10,12H,8-9,11H2,1-4H3/t12-/m1/s1. The monoisotopic (exact) mass is 485 g/mol. The van der Waals surface area contributed by atoms with Gasteiger partial charge in [0.2, 0.25) is 0 Å². The Balaban J connectivity index is 1.71. The molecule has 0 spiro atoms. The first-order chi connectivity index (χ1) is 15.3. The number of halogens is 4. The van der Waals surface area contributed by atoms with Crippen LogP contribution in [0.5, 0.6) is 0 Å². The third-order valence-electron chi connectivity index (χ3n) is 5.15. The van der Waals surface area contributed by atoms with Crippen LogP contribution in [-0.2, 0) is 10.9 Å². The second-order valence-corrected chi connectivity index (χ2v) is 9.25. The summed E-state index contributed by atoms with van der Waals surface area (Å²) in [7, 11) is 0. The van der Waals surface area contributed by atoms with Crippen LogP contribution >= 0.6 is 11.6 Å². The lowest BCUT2D eigenvalue weighted by atomic mass is 10.1. The molecule has 178 valence electrons. The molecule has 8 nitrogen and oxygen atoms in total. The molecule has 0 aliphatic carbocycles. The van der Waals surface area contributed by atoms with Crippen molar-refractivity contribution in [1.29, 1.82) is 0 Å². The Bertz CT molecular complexity index is 1170. The SMILES string of the molecule is C[C@@H]1CN(C(=O)OC(C)(C)C)CCN1c1nc2c(C(F)(F)F)c(Cl)cc(-n3cccn3)c2o1. The van der Waals surface area contributed by atoms with E-state index in [1.54, 1.807) is 42.8 Å². The van der Waals surface area contributed by atoms with Crippen LogP contribution < -0.4 is 4.90 Å². The van der Waals surface area contributed by atoms with E-state index in [4.69, 9.17) is 20.8 Å². The van der Waals surface area contributed by atoms with Crippen LogP contribution in [0, 0.1) is 0 Å². The number of carbonyl (C=O) groups excluding carboxylic acids is 1. The molecule has 0 N–H and O–H groups in total. The van der Waals surface area contributed by atoms with Gasteiger partial charge in [-0.25, -0.2) is 9.48 Å². The number of aromatic nitrogens is 3. The van der Waals surface area contributed by atoms with Gasteiger partial charge in [0.05, 0.1) is 5.02 Å². The van der Waals surface area contributed by atoms with Crippen LogP contribution in [0.3, 0.4) is 0 Å². The van der Waals surface area contributed by atoms with Gasteiger partial charge in [0, 0.05) is 38.1 Å². The van der Waals surface area contributed by atoms with E-state index >= 15 is 0 Å². The molecule has 0 radical (unpaired) electrons. The zero-order valence-corrected chi connectivity index (χ0v) is 19.2. The second kappa shape index (κ2) is 8.12. The zero-order chi connectivity index (χ0) is 24.1. The number of piperazine rings is 1. The number of alkyl halides is 3. The van der Waals surface area contributed by atoms with Crippen LogP contribution in [0.1, 0.15) is 33.3 Å². The average Bonchev–Trinajstić information content (AvgIpc) is 3.34. The first-order valence-electron chi connectivity index (χ1n) is 10.3. The summed E-state index contributed by atoms with van der Waals surface area (Å²) in [5.41, 5.74) is -1.92. The Morgan fingerprint density at radius 3 is 2.58 bits per heavy atom. The fourth-order valence-corrected chi connectivity index (χ4v) is 4.03.